The fourth-order valence-corrected chi connectivity index (χ4v) is 12.9. The number of rotatable bonds is 2. The van der Waals surface area contributed by atoms with Crippen LogP contribution in [0.2, 0.25) is 0 Å². The van der Waals surface area contributed by atoms with Crippen LogP contribution in [0.25, 0.3) is 92.6 Å². The van der Waals surface area contributed by atoms with E-state index < -0.39 is 0 Å². The second kappa shape index (κ2) is 9.58. The number of fused-ring (bicyclic) bond motifs is 14. The second-order valence-corrected chi connectivity index (χ2v) is 17.5. The van der Waals surface area contributed by atoms with Crippen molar-refractivity contribution in [1.29, 1.82) is 0 Å². The average molecular weight is 689 g/mol. The van der Waals surface area contributed by atoms with Crippen LogP contribution in [0, 0.1) is 27.7 Å². The summed E-state index contributed by atoms with van der Waals surface area (Å²) >= 11 is 7.81. The highest BCUT2D eigenvalue weighted by molar-refractivity contribution is 7.35. The number of thiophene rings is 4. The maximum atomic E-state index is 2.55. The van der Waals surface area contributed by atoms with E-state index in [-0.39, 0.29) is 0 Å². The summed E-state index contributed by atoms with van der Waals surface area (Å²) < 4.78 is 16.1. The molecule has 0 aliphatic heterocycles. The zero-order valence-corrected chi connectivity index (χ0v) is 30.0. The number of hydrogen-bond donors (Lipinski definition) is 0. The lowest BCUT2D eigenvalue weighted by Crippen LogP contribution is -1.94. The maximum absolute atomic E-state index is 2.55. The molecule has 0 spiro atoms. The van der Waals surface area contributed by atoms with E-state index in [1.807, 2.05) is 45.3 Å². The first-order valence-electron chi connectivity index (χ1n) is 16.2. The summed E-state index contributed by atoms with van der Waals surface area (Å²) in [6, 6.07) is 37.0. The van der Waals surface area contributed by atoms with Crippen molar-refractivity contribution in [3.63, 3.8) is 0 Å². The third-order valence-corrected chi connectivity index (χ3v) is 14.9. The predicted octanol–water partition coefficient (Wildman–Crippen LogP) is 14.0. The Hall–Kier alpha value is -4.46. The van der Waals surface area contributed by atoms with Crippen LogP contribution in [0.5, 0.6) is 0 Å². The minimum Gasteiger partial charge on any atom is -0.306 e. The summed E-state index contributed by atoms with van der Waals surface area (Å²) in [7, 11) is 0. The molecule has 230 valence electrons. The van der Waals surface area contributed by atoms with E-state index in [2.05, 4.69) is 134 Å². The van der Waals surface area contributed by atoms with E-state index in [1.165, 1.54) is 115 Å². The van der Waals surface area contributed by atoms with Gasteiger partial charge in [0.2, 0.25) is 0 Å². The molecule has 0 saturated heterocycles. The molecule has 48 heavy (non-hydrogen) atoms. The maximum Gasteiger partial charge on any atom is 0.0737 e. The van der Waals surface area contributed by atoms with Crippen molar-refractivity contribution in [2.45, 2.75) is 27.7 Å². The summed E-state index contributed by atoms with van der Waals surface area (Å²) in [6.45, 7) is 8.73. The highest BCUT2D eigenvalue weighted by Gasteiger charge is 2.26. The van der Waals surface area contributed by atoms with Crippen LogP contribution in [0.15, 0.2) is 97.1 Å². The third-order valence-electron chi connectivity index (χ3n) is 9.98. The normalized spacial score (nSPS) is 12.6. The first kappa shape index (κ1) is 27.5. The smallest absolute Gasteiger partial charge is 0.0737 e. The second-order valence-electron chi connectivity index (χ2n) is 13.3. The van der Waals surface area contributed by atoms with Gasteiger partial charge in [-0.25, -0.2) is 0 Å². The lowest BCUT2D eigenvalue weighted by Gasteiger charge is -2.09. The van der Waals surface area contributed by atoms with E-state index in [0.717, 1.165) is 0 Å². The zero-order valence-electron chi connectivity index (χ0n) is 26.8. The van der Waals surface area contributed by atoms with E-state index in [0.29, 0.717) is 0 Å². The van der Waals surface area contributed by atoms with Gasteiger partial charge >= 0.3 is 0 Å². The van der Waals surface area contributed by atoms with Crippen molar-refractivity contribution in [2.24, 2.45) is 0 Å². The SMILES string of the molecule is Cc1ccc(-n2c3c4ccc(C)cc4sc3c3sc4cc5c(cc4c32)sc2c3sc4cc(C)ccc4c3n(-c3ccc(C)cc3)c52)cc1. The Morgan fingerprint density at radius 1 is 0.333 bits per heavy atom. The zero-order chi connectivity index (χ0) is 32.0. The highest BCUT2D eigenvalue weighted by atomic mass is 32.1. The highest BCUT2D eigenvalue weighted by Crippen LogP contribution is 2.52. The van der Waals surface area contributed by atoms with Crippen LogP contribution < -0.4 is 0 Å². The molecule has 11 rings (SSSR count). The monoisotopic (exact) mass is 688 g/mol. The molecule has 6 heterocycles. The summed E-state index contributed by atoms with van der Waals surface area (Å²) in [4.78, 5) is 0. The lowest BCUT2D eigenvalue weighted by atomic mass is 10.1. The average Bonchev–Trinajstić information content (AvgIpc) is 3.89. The predicted molar refractivity (Wildman–Crippen MR) is 216 cm³/mol. The molecular weight excluding hydrogens is 661 g/mol. The molecule has 6 heteroatoms. The Kier molecular flexibility index (Phi) is 5.49. The number of aromatic nitrogens is 2. The van der Waals surface area contributed by atoms with Crippen LogP contribution in [0.4, 0.5) is 0 Å². The summed E-state index contributed by atoms with van der Waals surface area (Å²) in [5.41, 5.74) is 13.0. The summed E-state index contributed by atoms with van der Waals surface area (Å²) in [5.74, 6) is 0. The van der Waals surface area contributed by atoms with Gasteiger partial charge in [-0.15, -0.1) is 45.3 Å². The number of nitrogens with zero attached hydrogens (tertiary/aromatic N) is 2. The molecule has 0 N–H and O–H groups in total. The van der Waals surface area contributed by atoms with E-state index in [9.17, 15) is 0 Å². The van der Waals surface area contributed by atoms with Gasteiger partial charge in [-0.1, -0.05) is 59.7 Å². The number of benzene rings is 5. The molecule has 6 aromatic heterocycles. The van der Waals surface area contributed by atoms with E-state index >= 15 is 0 Å². The van der Waals surface area contributed by atoms with Gasteiger partial charge in [0, 0.05) is 51.7 Å². The van der Waals surface area contributed by atoms with Gasteiger partial charge in [-0.05, 0) is 87.4 Å². The molecule has 0 aliphatic carbocycles. The van der Waals surface area contributed by atoms with Crippen molar-refractivity contribution in [1.82, 2.24) is 9.13 Å². The Labute approximate surface area is 292 Å². The van der Waals surface area contributed by atoms with Crippen LogP contribution in [-0.2, 0) is 0 Å². The molecule has 0 saturated carbocycles. The van der Waals surface area contributed by atoms with Crippen LogP contribution in [-0.4, -0.2) is 9.13 Å². The largest absolute Gasteiger partial charge is 0.306 e. The molecule has 5 aromatic carbocycles. The molecule has 0 aliphatic rings. The van der Waals surface area contributed by atoms with Gasteiger partial charge in [-0.3, -0.25) is 0 Å². The van der Waals surface area contributed by atoms with Gasteiger partial charge < -0.3 is 9.13 Å². The van der Waals surface area contributed by atoms with Crippen molar-refractivity contribution in [2.75, 3.05) is 0 Å². The molecule has 0 amide bonds. The quantitative estimate of drug-likeness (QED) is 0.171. The first-order chi connectivity index (χ1) is 23.4. The van der Waals surface area contributed by atoms with Gasteiger partial charge in [0.15, 0.2) is 0 Å². The van der Waals surface area contributed by atoms with Gasteiger partial charge in [0.25, 0.3) is 0 Å². The van der Waals surface area contributed by atoms with Gasteiger partial charge in [0.1, 0.15) is 0 Å². The topological polar surface area (TPSA) is 9.86 Å². The Morgan fingerprint density at radius 3 is 1.02 bits per heavy atom. The first-order valence-corrected chi connectivity index (χ1v) is 19.5. The minimum absolute atomic E-state index is 1.23. The van der Waals surface area contributed by atoms with Crippen molar-refractivity contribution < 1.29 is 0 Å². The number of aryl methyl sites for hydroxylation is 4. The molecule has 0 atom stereocenters. The molecule has 0 bridgehead atoms. The van der Waals surface area contributed by atoms with Crippen molar-refractivity contribution >= 4 is 127 Å². The molecular formula is C42H28N2S4. The molecule has 0 unspecified atom stereocenters. The Bertz CT molecular complexity index is 2920. The molecule has 0 fully saturated rings. The molecule has 2 nitrogen and oxygen atoms in total. The Morgan fingerprint density at radius 2 is 0.646 bits per heavy atom. The van der Waals surface area contributed by atoms with Gasteiger partial charge in [0.05, 0.1) is 40.9 Å². The molecule has 11 aromatic rings. The van der Waals surface area contributed by atoms with E-state index in [4.69, 9.17) is 0 Å². The number of hydrogen-bond acceptors (Lipinski definition) is 4. The van der Waals surface area contributed by atoms with Gasteiger partial charge in [-0.2, -0.15) is 0 Å². The summed E-state index contributed by atoms with van der Waals surface area (Å²) in [5, 5.41) is 5.38. The fourth-order valence-electron chi connectivity index (χ4n) is 7.67. The van der Waals surface area contributed by atoms with Crippen LogP contribution in [0.1, 0.15) is 22.3 Å². The lowest BCUT2D eigenvalue weighted by molar-refractivity contribution is 1.19. The van der Waals surface area contributed by atoms with Crippen molar-refractivity contribution in [3.8, 4) is 11.4 Å². The fraction of sp³-hybridized carbons (Fsp3) is 0.0952. The summed E-state index contributed by atoms with van der Waals surface area (Å²) in [6.07, 6.45) is 0. The molecule has 0 radical (unpaired) electrons. The van der Waals surface area contributed by atoms with Crippen LogP contribution in [0.3, 0.4) is 0 Å². The van der Waals surface area contributed by atoms with Crippen LogP contribution >= 0.6 is 45.3 Å². The minimum atomic E-state index is 1.23. The third kappa shape index (κ3) is 3.61. The van der Waals surface area contributed by atoms with E-state index in [1.54, 1.807) is 0 Å². The van der Waals surface area contributed by atoms with Crippen molar-refractivity contribution in [3.05, 3.63) is 119 Å². The standard InChI is InChI=1S/C42H28N2S4/c1-21-5-11-25(12-6-21)43-35-27-15-9-23(3)17-31(27)45-39(35)41-37(43)29-19-34-30(20-33(29)47-41)38-42(48-34)40-36(28-16-10-24(4)18-32(28)46-40)44(38)26-13-7-22(2)8-14-26/h5-20H,1-4H3. The Balaban J connectivity index is 1.29.